The fourth-order valence-corrected chi connectivity index (χ4v) is 3.34. The van der Waals surface area contributed by atoms with E-state index in [4.69, 9.17) is 9.72 Å². The number of imidazole rings is 1. The zero-order valence-electron chi connectivity index (χ0n) is 15.4. The molecule has 4 heteroatoms. The van der Waals surface area contributed by atoms with Gasteiger partial charge in [0.25, 0.3) is 0 Å². The van der Waals surface area contributed by atoms with Crippen molar-refractivity contribution in [3.8, 4) is 5.75 Å². The second-order valence-electron chi connectivity index (χ2n) is 6.88. The molecule has 4 aromatic rings. The molecule has 0 radical (unpaired) electrons. The van der Waals surface area contributed by atoms with Crippen LogP contribution in [0.15, 0.2) is 60.8 Å². The Morgan fingerprint density at radius 1 is 0.962 bits per heavy atom. The lowest BCUT2D eigenvalue weighted by Crippen LogP contribution is -2.13. The number of ether oxygens (including phenoxy) is 1. The predicted molar refractivity (Wildman–Crippen MR) is 106 cm³/mol. The molecule has 0 atom stereocenters. The van der Waals surface area contributed by atoms with Crippen LogP contribution in [-0.2, 0) is 13.2 Å². The Bertz CT molecular complexity index is 1050. The molecule has 132 valence electrons. The Hall–Kier alpha value is -2.85. The lowest BCUT2D eigenvalue weighted by atomic mass is 10.1. The summed E-state index contributed by atoms with van der Waals surface area (Å²) < 4.78 is 8.30. The van der Waals surface area contributed by atoms with Crippen LogP contribution in [-0.4, -0.2) is 28.4 Å². The van der Waals surface area contributed by atoms with Crippen molar-refractivity contribution in [3.63, 3.8) is 0 Å². The van der Waals surface area contributed by atoms with Gasteiger partial charge in [-0.2, -0.15) is 0 Å². The van der Waals surface area contributed by atoms with Gasteiger partial charge in [0.2, 0.25) is 0 Å². The fourth-order valence-electron chi connectivity index (χ4n) is 3.34. The first kappa shape index (κ1) is 16.6. The molecule has 0 aliphatic rings. The van der Waals surface area contributed by atoms with Crippen LogP contribution in [0.4, 0.5) is 0 Å². The van der Waals surface area contributed by atoms with Gasteiger partial charge in [0.15, 0.2) is 0 Å². The van der Waals surface area contributed by atoms with Crippen LogP contribution < -0.4 is 4.74 Å². The molecule has 4 rings (SSSR count). The van der Waals surface area contributed by atoms with E-state index in [-0.39, 0.29) is 0 Å². The summed E-state index contributed by atoms with van der Waals surface area (Å²) in [5.41, 5.74) is 4.45. The molecule has 0 saturated carbocycles. The molecule has 0 fully saturated rings. The molecular formula is C22H23N3O. The molecule has 0 aliphatic carbocycles. The maximum absolute atomic E-state index is 6.11. The Morgan fingerprint density at radius 3 is 2.54 bits per heavy atom. The number of aryl methyl sites for hydroxylation is 1. The summed E-state index contributed by atoms with van der Waals surface area (Å²) >= 11 is 0. The number of pyridine rings is 1. The van der Waals surface area contributed by atoms with Gasteiger partial charge in [-0.25, -0.2) is 4.98 Å². The minimum absolute atomic E-state index is 0.560. The molecule has 0 bridgehead atoms. The van der Waals surface area contributed by atoms with Gasteiger partial charge in [0.05, 0.1) is 11.4 Å². The molecule has 0 saturated heterocycles. The highest BCUT2D eigenvalue weighted by molar-refractivity contribution is 5.98. The highest BCUT2D eigenvalue weighted by atomic mass is 16.5. The second-order valence-corrected chi connectivity index (χ2v) is 6.88. The van der Waals surface area contributed by atoms with Gasteiger partial charge in [-0.3, -0.25) is 0 Å². The third-order valence-electron chi connectivity index (χ3n) is 4.61. The third-order valence-corrected chi connectivity index (χ3v) is 4.61. The molecule has 2 heterocycles. The van der Waals surface area contributed by atoms with Crippen LogP contribution in [0.25, 0.3) is 16.4 Å². The third kappa shape index (κ3) is 3.04. The topological polar surface area (TPSA) is 29.8 Å². The van der Waals surface area contributed by atoms with Gasteiger partial charge >= 0.3 is 0 Å². The number of aromatic nitrogens is 2. The largest absolute Gasteiger partial charge is 0.488 e. The first-order valence-electron chi connectivity index (χ1n) is 8.84. The Balaban J connectivity index is 1.76. The number of hydrogen-bond donors (Lipinski definition) is 0. The zero-order valence-corrected chi connectivity index (χ0v) is 15.4. The monoisotopic (exact) mass is 345 g/mol. The smallest absolute Gasteiger partial charge is 0.145 e. The van der Waals surface area contributed by atoms with Crippen molar-refractivity contribution in [1.29, 1.82) is 0 Å². The maximum Gasteiger partial charge on any atom is 0.145 e. The van der Waals surface area contributed by atoms with Crippen LogP contribution in [0, 0.1) is 6.92 Å². The highest BCUT2D eigenvalue weighted by Gasteiger charge is 2.13. The van der Waals surface area contributed by atoms with Crippen molar-refractivity contribution in [2.75, 3.05) is 14.1 Å². The van der Waals surface area contributed by atoms with E-state index in [1.54, 1.807) is 0 Å². The minimum atomic E-state index is 0.560. The van der Waals surface area contributed by atoms with E-state index in [0.29, 0.717) is 6.61 Å². The summed E-state index contributed by atoms with van der Waals surface area (Å²) in [5.74, 6) is 0.892. The van der Waals surface area contributed by atoms with Gasteiger partial charge in [0.1, 0.15) is 18.0 Å². The van der Waals surface area contributed by atoms with E-state index >= 15 is 0 Å². The van der Waals surface area contributed by atoms with Gasteiger partial charge in [-0.05, 0) is 38.7 Å². The van der Waals surface area contributed by atoms with Crippen molar-refractivity contribution in [2.45, 2.75) is 20.1 Å². The van der Waals surface area contributed by atoms with Crippen LogP contribution in [0.5, 0.6) is 5.75 Å². The number of rotatable bonds is 5. The number of nitrogens with zero attached hydrogens (tertiary/aromatic N) is 3. The van der Waals surface area contributed by atoms with E-state index in [9.17, 15) is 0 Å². The maximum atomic E-state index is 6.11. The van der Waals surface area contributed by atoms with Gasteiger partial charge in [-0.15, -0.1) is 0 Å². The molecule has 26 heavy (non-hydrogen) atoms. The Labute approximate surface area is 153 Å². The van der Waals surface area contributed by atoms with Gasteiger partial charge in [0, 0.05) is 23.5 Å². The van der Waals surface area contributed by atoms with Crippen molar-refractivity contribution < 1.29 is 4.74 Å². The number of fused-ring (bicyclic) bond motifs is 3. The van der Waals surface area contributed by atoms with E-state index in [0.717, 1.165) is 40.0 Å². The molecule has 2 aromatic heterocycles. The van der Waals surface area contributed by atoms with Gasteiger partial charge in [-0.1, -0.05) is 42.5 Å². The molecule has 0 aliphatic heterocycles. The van der Waals surface area contributed by atoms with Crippen LogP contribution >= 0.6 is 0 Å². The molecule has 0 amide bonds. The summed E-state index contributed by atoms with van der Waals surface area (Å²) in [6.07, 6.45) is 2.10. The SMILES string of the molecule is Cc1nc2c3cccc(OCc4ccccc4)c3ccn2c1CN(C)C. The average Bonchev–Trinajstić information content (AvgIpc) is 2.96. The Kier molecular flexibility index (Phi) is 4.35. The first-order valence-corrected chi connectivity index (χ1v) is 8.84. The molecule has 0 N–H and O–H groups in total. The Morgan fingerprint density at radius 2 is 1.77 bits per heavy atom. The summed E-state index contributed by atoms with van der Waals surface area (Å²) in [7, 11) is 4.16. The average molecular weight is 345 g/mol. The first-order chi connectivity index (χ1) is 12.6. The molecule has 0 unspecified atom stereocenters. The van der Waals surface area contributed by atoms with Crippen molar-refractivity contribution in [3.05, 3.63) is 77.7 Å². The standard InChI is InChI=1S/C22H23N3O/c1-16-20(14-24(2)3)25-13-12-18-19(22(25)23-16)10-7-11-21(18)26-15-17-8-5-4-6-9-17/h4-13H,14-15H2,1-3H3. The zero-order chi connectivity index (χ0) is 18.1. The second kappa shape index (κ2) is 6.81. The molecule has 0 spiro atoms. The van der Waals surface area contributed by atoms with E-state index in [1.807, 2.05) is 30.3 Å². The van der Waals surface area contributed by atoms with Crippen molar-refractivity contribution in [2.24, 2.45) is 0 Å². The highest BCUT2D eigenvalue weighted by Crippen LogP contribution is 2.30. The van der Waals surface area contributed by atoms with E-state index in [2.05, 4.69) is 60.8 Å². The van der Waals surface area contributed by atoms with E-state index in [1.165, 1.54) is 5.69 Å². The summed E-state index contributed by atoms with van der Waals surface area (Å²) in [5, 5.41) is 2.21. The van der Waals surface area contributed by atoms with Gasteiger partial charge < -0.3 is 14.0 Å². The quantitative estimate of drug-likeness (QED) is 0.536. The number of benzene rings is 2. The van der Waals surface area contributed by atoms with Crippen LogP contribution in [0.1, 0.15) is 17.0 Å². The van der Waals surface area contributed by atoms with Crippen molar-refractivity contribution >= 4 is 16.4 Å². The van der Waals surface area contributed by atoms with Crippen LogP contribution in [0.3, 0.4) is 0 Å². The lowest BCUT2D eigenvalue weighted by molar-refractivity contribution is 0.310. The molecular weight excluding hydrogens is 322 g/mol. The fraction of sp³-hybridized carbons (Fsp3) is 0.227. The predicted octanol–water partition coefficient (Wildman–Crippen LogP) is 4.44. The minimum Gasteiger partial charge on any atom is -0.488 e. The lowest BCUT2D eigenvalue weighted by Gasteiger charge is -2.12. The van der Waals surface area contributed by atoms with Crippen molar-refractivity contribution in [1.82, 2.24) is 14.3 Å². The van der Waals surface area contributed by atoms with Crippen LogP contribution in [0.2, 0.25) is 0 Å². The summed E-state index contributed by atoms with van der Waals surface area (Å²) in [6, 6.07) is 18.6. The number of hydrogen-bond acceptors (Lipinski definition) is 3. The summed E-state index contributed by atoms with van der Waals surface area (Å²) in [4.78, 5) is 7.00. The molecule has 4 nitrogen and oxygen atoms in total. The summed E-state index contributed by atoms with van der Waals surface area (Å²) in [6.45, 7) is 3.50. The van der Waals surface area contributed by atoms with E-state index < -0.39 is 0 Å². The normalized spacial score (nSPS) is 11.5. The molecule has 2 aromatic carbocycles.